The number of nitrogens with zero attached hydrogens (tertiary/aromatic N) is 1. The predicted octanol–water partition coefficient (Wildman–Crippen LogP) is 4.46. The summed E-state index contributed by atoms with van der Waals surface area (Å²) in [4.78, 5) is 7.11. The molecule has 1 unspecified atom stereocenters. The molecule has 1 atom stereocenters. The minimum Gasteiger partial charge on any atom is -0.305 e. The number of nitrogens with one attached hydrogen (secondary N) is 1. The summed E-state index contributed by atoms with van der Waals surface area (Å²) in [6.45, 7) is 5.24. The molecule has 0 radical (unpaired) electrons. The second kappa shape index (κ2) is 5.73. The number of aryl methyl sites for hydroxylation is 1. The van der Waals surface area contributed by atoms with Crippen molar-refractivity contribution in [2.24, 2.45) is 0 Å². The fourth-order valence-corrected chi connectivity index (χ4v) is 3.20. The minimum atomic E-state index is 0.387. The molecule has 3 rings (SSSR count). The van der Waals surface area contributed by atoms with Gasteiger partial charge in [-0.05, 0) is 49.7 Å². The molecular weight excluding hydrogens is 264 g/mol. The standard InChI is InChI=1S/C17H18N2S/c1-12-5-8-17(20-12)13(2)19-11-14-6-7-16-15(10-14)4-3-9-18-16/h3-10,13,19H,11H2,1-2H3. The highest BCUT2D eigenvalue weighted by Gasteiger charge is 2.07. The third-order valence-corrected chi connectivity index (χ3v) is 4.65. The molecule has 3 heteroatoms. The highest BCUT2D eigenvalue weighted by molar-refractivity contribution is 7.12. The molecule has 0 bridgehead atoms. The number of thiophene rings is 1. The molecule has 102 valence electrons. The summed E-state index contributed by atoms with van der Waals surface area (Å²) in [5, 5.41) is 4.78. The Bertz CT molecular complexity index is 718. The lowest BCUT2D eigenvalue weighted by molar-refractivity contribution is 0.583. The lowest BCUT2D eigenvalue weighted by Gasteiger charge is -2.12. The van der Waals surface area contributed by atoms with E-state index in [0.717, 1.165) is 12.1 Å². The van der Waals surface area contributed by atoms with Crippen molar-refractivity contribution in [1.82, 2.24) is 10.3 Å². The third kappa shape index (κ3) is 2.89. The summed E-state index contributed by atoms with van der Waals surface area (Å²) >= 11 is 1.86. The van der Waals surface area contributed by atoms with Crippen LogP contribution in [0.4, 0.5) is 0 Å². The quantitative estimate of drug-likeness (QED) is 0.764. The van der Waals surface area contributed by atoms with E-state index in [1.165, 1.54) is 20.7 Å². The van der Waals surface area contributed by atoms with Gasteiger partial charge in [0.15, 0.2) is 0 Å². The molecule has 0 aliphatic rings. The number of rotatable bonds is 4. The first kappa shape index (κ1) is 13.3. The van der Waals surface area contributed by atoms with E-state index in [9.17, 15) is 0 Å². The van der Waals surface area contributed by atoms with Gasteiger partial charge >= 0.3 is 0 Å². The summed E-state index contributed by atoms with van der Waals surface area (Å²) in [5.74, 6) is 0. The van der Waals surface area contributed by atoms with Crippen molar-refractivity contribution < 1.29 is 0 Å². The summed E-state index contributed by atoms with van der Waals surface area (Å²) in [6, 6.07) is 15.3. The summed E-state index contributed by atoms with van der Waals surface area (Å²) in [5.41, 5.74) is 2.35. The largest absolute Gasteiger partial charge is 0.305 e. The number of hydrogen-bond donors (Lipinski definition) is 1. The number of aromatic nitrogens is 1. The molecule has 0 saturated heterocycles. The molecule has 0 fully saturated rings. The number of benzene rings is 1. The SMILES string of the molecule is Cc1ccc(C(C)NCc2ccc3ncccc3c2)s1. The van der Waals surface area contributed by atoms with Crippen molar-refractivity contribution in [2.45, 2.75) is 26.4 Å². The number of hydrogen-bond acceptors (Lipinski definition) is 3. The van der Waals surface area contributed by atoms with Crippen LogP contribution in [0.2, 0.25) is 0 Å². The molecule has 1 N–H and O–H groups in total. The van der Waals surface area contributed by atoms with Crippen LogP contribution in [0.1, 0.15) is 28.3 Å². The van der Waals surface area contributed by atoms with Gasteiger partial charge in [0.25, 0.3) is 0 Å². The van der Waals surface area contributed by atoms with Gasteiger partial charge in [0.1, 0.15) is 0 Å². The Balaban J connectivity index is 1.70. The highest BCUT2D eigenvalue weighted by atomic mass is 32.1. The molecule has 0 aliphatic heterocycles. The average molecular weight is 282 g/mol. The van der Waals surface area contributed by atoms with Gasteiger partial charge in [-0.25, -0.2) is 0 Å². The smallest absolute Gasteiger partial charge is 0.0702 e. The first-order valence-corrected chi connectivity index (χ1v) is 7.67. The fraction of sp³-hybridized carbons (Fsp3) is 0.235. The lowest BCUT2D eigenvalue weighted by atomic mass is 10.1. The summed E-state index contributed by atoms with van der Waals surface area (Å²) < 4.78 is 0. The van der Waals surface area contributed by atoms with Gasteiger partial charge in [-0.15, -0.1) is 11.3 Å². The van der Waals surface area contributed by atoms with E-state index < -0.39 is 0 Å². The van der Waals surface area contributed by atoms with Gasteiger partial charge in [0, 0.05) is 33.9 Å². The van der Waals surface area contributed by atoms with Gasteiger partial charge in [-0.2, -0.15) is 0 Å². The van der Waals surface area contributed by atoms with E-state index in [0.29, 0.717) is 6.04 Å². The van der Waals surface area contributed by atoms with Crippen LogP contribution in [0, 0.1) is 6.92 Å². The van der Waals surface area contributed by atoms with E-state index in [2.05, 4.69) is 60.5 Å². The monoisotopic (exact) mass is 282 g/mol. The Morgan fingerprint density at radius 3 is 2.90 bits per heavy atom. The summed E-state index contributed by atoms with van der Waals surface area (Å²) in [6.07, 6.45) is 1.83. The molecule has 1 aromatic carbocycles. The molecule has 0 spiro atoms. The normalized spacial score (nSPS) is 12.7. The predicted molar refractivity (Wildman–Crippen MR) is 86.1 cm³/mol. The van der Waals surface area contributed by atoms with Crippen LogP contribution in [0.15, 0.2) is 48.7 Å². The van der Waals surface area contributed by atoms with E-state index in [1.807, 2.05) is 23.6 Å². The van der Waals surface area contributed by atoms with Crippen molar-refractivity contribution in [3.05, 3.63) is 64.0 Å². The Hall–Kier alpha value is -1.71. The van der Waals surface area contributed by atoms with Crippen molar-refractivity contribution in [3.63, 3.8) is 0 Å². The van der Waals surface area contributed by atoms with Crippen LogP contribution in [0.5, 0.6) is 0 Å². The second-order valence-electron chi connectivity index (χ2n) is 5.08. The van der Waals surface area contributed by atoms with Gasteiger partial charge in [0.05, 0.1) is 5.52 Å². The molecule has 20 heavy (non-hydrogen) atoms. The van der Waals surface area contributed by atoms with Crippen molar-refractivity contribution in [1.29, 1.82) is 0 Å². The maximum Gasteiger partial charge on any atom is 0.0702 e. The molecule has 2 nitrogen and oxygen atoms in total. The topological polar surface area (TPSA) is 24.9 Å². The first-order chi connectivity index (χ1) is 9.72. The van der Waals surface area contributed by atoms with Crippen LogP contribution in [-0.4, -0.2) is 4.98 Å². The summed E-state index contributed by atoms with van der Waals surface area (Å²) in [7, 11) is 0. The van der Waals surface area contributed by atoms with Crippen LogP contribution in [0.25, 0.3) is 10.9 Å². The maximum absolute atomic E-state index is 4.35. The van der Waals surface area contributed by atoms with Gasteiger partial charge < -0.3 is 5.32 Å². The van der Waals surface area contributed by atoms with Crippen molar-refractivity contribution in [3.8, 4) is 0 Å². The lowest BCUT2D eigenvalue weighted by Crippen LogP contribution is -2.17. The molecule has 2 heterocycles. The van der Waals surface area contributed by atoms with E-state index >= 15 is 0 Å². The number of pyridine rings is 1. The third-order valence-electron chi connectivity index (χ3n) is 3.47. The highest BCUT2D eigenvalue weighted by Crippen LogP contribution is 2.22. The zero-order valence-electron chi connectivity index (χ0n) is 11.8. The molecular formula is C17H18N2S. The Kier molecular flexibility index (Phi) is 3.81. The van der Waals surface area contributed by atoms with Gasteiger partial charge in [-0.3, -0.25) is 4.98 Å². The van der Waals surface area contributed by atoms with Crippen molar-refractivity contribution >= 4 is 22.2 Å². The van der Waals surface area contributed by atoms with Crippen molar-refractivity contribution in [2.75, 3.05) is 0 Å². The molecule has 0 saturated carbocycles. The zero-order valence-corrected chi connectivity index (χ0v) is 12.6. The Morgan fingerprint density at radius 2 is 2.10 bits per heavy atom. The molecule has 0 amide bonds. The Labute approximate surface area is 123 Å². The van der Waals surface area contributed by atoms with Gasteiger partial charge in [0.2, 0.25) is 0 Å². The fourth-order valence-electron chi connectivity index (χ4n) is 2.29. The first-order valence-electron chi connectivity index (χ1n) is 6.86. The van der Waals surface area contributed by atoms with E-state index in [-0.39, 0.29) is 0 Å². The Morgan fingerprint density at radius 1 is 1.20 bits per heavy atom. The average Bonchev–Trinajstić information content (AvgIpc) is 2.91. The van der Waals surface area contributed by atoms with Crippen LogP contribution in [0.3, 0.4) is 0 Å². The van der Waals surface area contributed by atoms with E-state index in [4.69, 9.17) is 0 Å². The van der Waals surface area contributed by atoms with Gasteiger partial charge in [-0.1, -0.05) is 12.1 Å². The molecule has 3 aromatic rings. The van der Waals surface area contributed by atoms with E-state index in [1.54, 1.807) is 0 Å². The second-order valence-corrected chi connectivity index (χ2v) is 6.40. The molecule has 0 aliphatic carbocycles. The minimum absolute atomic E-state index is 0.387. The van der Waals surface area contributed by atoms with Crippen LogP contribution < -0.4 is 5.32 Å². The number of fused-ring (bicyclic) bond motifs is 1. The zero-order chi connectivity index (χ0) is 13.9. The van der Waals surface area contributed by atoms with Crippen LogP contribution >= 0.6 is 11.3 Å². The maximum atomic E-state index is 4.35. The molecule has 2 aromatic heterocycles. The van der Waals surface area contributed by atoms with Crippen LogP contribution in [-0.2, 0) is 6.54 Å².